The number of ether oxygens (including phenoxy) is 1. The number of rotatable bonds is 6. The van der Waals surface area contributed by atoms with E-state index < -0.39 is 17.7 Å². The molecule has 0 atom stereocenters. The van der Waals surface area contributed by atoms with Crippen LogP contribution in [-0.4, -0.2) is 33.2 Å². The van der Waals surface area contributed by atoms with Crippen LogP contribution >= 0.6 is 22.9 Å². The number of carbonyl (C=O) groups is 2. The van der Waals surface area contributed by atoms with Gasteiger partial charge in [-0.2, -0.15) is 5.10 Å². The number of hydrogen-bond acceptors (Lipinski definition) is 6. The fourth-order valence-corrected chi connectivity index (χ4v) is 3.92. The lowest BCUT2D eigenvalue weighted by molar-refractivity contribution is 0.0518. The van der Waals surface area contributed by atoms with Gasteiger partial charge in [-0.15, -0.1) is 11.3 Å². The largest absolute Gasteiger partial charge is 0.461 e. The SMILES string of the molecule is CCOC(=O)c1cc(C(=O)Nc2sc(Cc3cc(F)cc(Cl)c3)nc2C)n(C)n1. The molecule has 0 aliphatic carbocycles. The molecule has 10 heteroatoms. The van der Waals surface area contributed by atoms with Crippen LogP contribution < -0.4 is 5.32 Å². The van der Waals surface area contributed by atoms with Crippen molar-refractivity contribution in [2.45, 2.75) is 20.3 Å². The van der Waals surface area contributed by atoms with Gasteiger partial charge in [0.2, 0.25) is 0 Å². The lowest BCUT2D eigenvalue weighted by Crippen LogP contribution is -2.15. The van der Waals surface area contributed by atoms with Gasteiger partial charge in [0.15, 0.2) is 5.69 Å². The molecular formula is C19H18ClFN4O3S. The predicted molar refractivity (Wildman–Crippen MR) is 108 cm³/mol. The highest BCUT2D eigenvalue weighted by molar-refractivity contribution is 7.16. The minimum Gasteiger partial charge on any atom is -0.461 e. The zero-order chi connectivity index (χ0) is 21.1. The first-order valence-corrected chi connectivity index (χ1v) is 9.90. The maximum absolute atomic E-state index is 13.5. The van der Waals surface area contributed by atoms with E-state index in [1.165, 1.54) is 34.2 Å². The third-order valence-corrected chi connectivity index (χ3v) is 5.23. The standard InChI is InChI=1S/C19H18ClFN4O3S/c1-4-28-19(27)14-9-15(25(3)24-14)17(26)23-18-10(2)22-16(29-18)7-11-5-12(20)8-13(21)6-11/h5-6,8-9H,4,7H2,1-3H3,(H,23,26). The minimum absolute atomic E-state index is 0.0594. The second-order valence-corrected chi connectivity index (χ2v) is 7.71. The summed E-state index contributed by atoms with van der Waals surface area (Å²) >= 11 is 7.18. The van der Waals surface area contributed by atoms with Gasteiger partial charge < -0.3 is 10.1 Å². The van der Waals surface area contributed by atoms with E-state index in [0.29, 0.717) is 32.7 Å². The van der Waals surface area contributed by atoms with Crippen LogP contribution in [0.1, 0.15) is 44.2 Å². The molecule has 0 bridgehead atoms. The van der Waals surface area contributed by atoms with Crippen molar-refractivity contribution >= 4 is 39.8 Å². The first-order chi connectivity index (χ1) is 13.8. The number of carbonyl (C=O) groups excluding carboxylic acids is 2. The van der Waals surface area contributed by atoms with Gasteiger partial charge in [-0.05, 0) is 37.6 Å². The number of thiazole rings is 1. The minimum atomic E-state index is -0.591. The van der Waals surface area contributed by atoms with Crippen LogP contribution in [0.2, 0.25) is 5.02 Å². The van der Waals surface area contributed by atoms with Crippen LogP contribution in [0.4, 0.5) is 9.39 Å². The van der Waals surface area contributed by atoms with Crippen LogP contribution in [0.3, 0.4) is 0 Å². The molecule has 2 aromatic heterocycles. The average Bonchev–Trinajstić information content (AvgIpc) is 3.17. The summed E-state index contributed by atoms with van der Waals surface area (Å²) in [6, 6.07) is 5.68. The zero-order valence-corrected chi connectivity index (χ0v) is 17.5. The number of anilines is 1. The fourth-order valence-electron chi connectivity index (χ4n) is 2.68. The first-order valence-electron chi connectivity index (χ1n) is 8.70. The number of benzene rings is 1. The molecule has 3 rings (SSSR count). The molecule has 7 nitrogen and oxygen atoms in total. The Labute approximate surface area is 175 Å². The quantitative estimate of drug-likeness (QED) is 0.590. The van der Waals surface area contributed by atoms with Gasteiger partial charge in [-0.3, -0.25) is 9.48 Å². The summed E-state index contributed by atoms with van der Waals surface area (Å²) in [5.74, 6) is -1.43. The van der Waals surface area contributed by atoms with Crippen molar-refractivity contribution in [3.63, 3.8) is 0 Å². The van der Waals surface area contributed by atoms with Crippen molar-refractivity contribution in [2.24, 2.45) is 7.05 Å². The molecule has 0 fully saturated rings. The Kier molecular flexibility index (Phi) is 6.29. The highest BCUT2D eigenvalue weighted by Crippen LogP contribution is 2.27. The van der Waals surface area contributed by atoms with Gasteiger partial charge in [-0.25, -0.2) is 14.2 Å². The average molecular weight is 437 g/mol. The van der Waals surface area contributed by atoms with Crippen molar-refractivity contribution in [3.8, 4) is 0 Å². The van der Waals surface area contributed by atoms with Gasteiger partial charge in [-0.1, -0.05) is 11.6 Å². The molecular weight excluding hydrogens is 419 g/mol. The number of aryl methyl sites for hydroxylation is 2. The third kappa shape index (κ3) is 4.99. The molecule has 0 aliphatic rings. The summed E-state index contributed by atoms with van der Waals surface area (Å²) in [6.07, 6.45) is 0.386. The summed E-state index contributed by atoms with van der Waals surface area (Å²) in [4.78, 5) is 28.9. The van der Waals surface area contributed by atoms with E-state index in [9.17, 15) is 14.0 Å². The first kappa shape index (κ1) is 20.9. The van der Waals surface area contributed by atoms with Crippen LogP contribution in [0, 0.1) is 12.7 Å². The number of nitrogens with zero attached hydrogens (tertiary/aromatic N) is 3. The van der Waals surface area contributed by atoms with E-state index in [2.05, 4.69) is 15.4 Å². The van der Waals surface area contributed by atoms with E-state index in [0.717, 1.165) is 0 Å². The van der Waals surface area contributed by atoms with Crippen molar-refractivity contribution < 1.29 is 18.7 Å². The van der Waals surface area contributed by atoms with E-state index in [-0.39, 0.29) is 18.0 Å². The lowest BCUT2D eigenvalue weighted by Gasteiger charge is -2.03. The van der Waals surface area contributed by atoms with Crippen LogP contribution in [0.5, 0.6) is 0 Å². The molecule has 0 saturated carbocycles. The Hall–Kier alpha value is -2.78. The maximum atomic E-state index is 13.5. The van der Waals surface area contributed by atoms with Crippen molar-refractivity contribution in [1.29, 1.82) is 0 Å². The molecule has 0 radical (unpaired) electrons. The summed E-state index contributed by atoms with van der Waals surface area (Å²) < 4.78 is 19.7. The molecule has 3 aromatic rings. The highest BCUT2D eigenvalue weighted by atomic mass is 35.5. The molecule has 0 spiro atoms. The van der Waals surface area contributed by atoms with Crippen molar-refractivity contribution in [3.05, 3.63) is 62.8 Å². The molecule has 29 heavy (non-hydrogen) atoms. The fraction of sp³-hybridized carbons (Fsp3) is 0.263. The Bertz CT molecular complexity index is 1060. The monoisotopic (exact) mass is 436 g/mol. The van der Waals surface area contributed by atoms with Gasteiger partial charge in [0.1, 0.15) is 16.5 Å². The molecule has 2 heterocycles. The number of hydrogen-bond donors (Lipinski definition) is 1. The Morgan fingerprint density at radius 3 is 2.76 bits per heavy atom. The van der Waals surface area contributed by atoms with Crippen molar-refractivity contribution in [2.75, 3.05) is 11.9 Å². The summed E-state index contributed by atoms with van der Waals surface area (Å²) in [5, 5.41) is 8.38. The number of esters is 1. The maximum Gasteiger partial charge on any atom is 0.358 e. The van der Waals surface area contributed by atoms with Gasteiger partial charge in [0.05, 0.1) is 17.3 Å². The normalized spacial score (nSPS) is 10.8. The number of halogens is 2. The number of amides is 1. The molecule has 0 unspecified atom stereocenters. The van der Waals surface area contributed by atoms with Gasteiger partial charge >= 0.3 is 5.97 Å². The Morgan fingerprint density at radius 1 is 1.31 bits per heavy atom. The van der Waals surface area contributed by atoms with E-state index in [1.54, 1.807) is 27.0 Å². The number of nitrogens with one attached hydrogen (secondary N) is 1. The topological polar surface area (TPSA) is 86.1 Å². The second kappa shape index (κ2) is 8.71. The second-order valence-electron chi connectivity index (χ2n) is 6.19. The van der Waals surface area contributed by atoms with Gasteiger partial charge in [0.25, 0.3) is 5.91 Å². The molecule has 0 aliphatic heterocycles. The predicted octanol–water partition coefficient (Wildman–Crippen LogP) is 4.00. The number of aromatic nitrogens is 3. The Balaban J connectivity index is 1.75. The van der Waals surface area contributed by atoms with Crippen molar-refractivity contribution in [1.82, 2.24) is 14.8 Å². The smallest absolute Gasteiger partial charge is 0.358 e. The highest BCUT2D eigenvalue weighted by Gasteiger charge is 2.20. The van der Waals surface area contributed by atoms with E-state index in [1.807, 2.05) is 0 Å². The zero-order valence-electron chi connectivity index (χ0n) is 16.0. The molecule has 0 saturated heterocycles. The van der Waals surface area contributed by atoms with Crippen LogP contribution in [0.15, 0.2) is 24.3 Å². The van der Waals surface area contributed by atoms with E-state index >= 15 is 0 Å². The molecule has 1 amide bonds. The summed E-state index contributed by atoms with van der Waals surface area (Å²) in [7, 11) is 1.57. The summed E-state index contributed by atoms with van der Waals surface area (Å²) in [6.45, 7) is 3.67. The third-order valence-electron chi connectivity index (χ3n) is 3.94. The van der Waals surface area contributed by atoms with Crippen LogP contribution in [-0.2, 0) is 18.2 Å². The lowest BCUT2D eigenvalue weighted by atomic mass is 10.1. The Morgan fingerprint density at radius 2 is 2.07 bits per heavy atom. The van der Waals surface area contributed by atoms with Crippen LogP contribution in [0.25, 0.3) is 0 Å². The molecule has 1 aromatic carbocycles. The van der Waals surface area contributed by atoms with Gasteiger partial charge in [0, 0.05) is 24.6 Å². The van der Waals surface area contributed by atoms with E-state index in [4.69, 9.17) is 16.3 Å². The molecule has 152 valence electrons. The molecule has 1 N–H and O–H groups in total. The summed E-state index contributed by atoms with van der Waals surface area (Å²) in [5.41, 5.74) is 1.59.